The van der Waals surface area contributed by atoms with Gasteiger partial charge in [-0.15, -0.1) is 0 Å². The van der Waals surface area contributed by atoms with Crippen molar-refractivity contribution in [1.29, 1.82) is 0 Å². The maximum absolute atomic E-state index is 12.6. The van der Waals surface area contributed by atoms with Gasteiger partial charge >= 0.3 is 160 Å². The van der Waals surface area contributed by atoms with Gasteiger partial charge in [0, 0.05) is 0 Å². The molecule has 2 rings (SSSR count). The zero-order valence-electron chi connectivity index (χ0n) is 14.8. The zero-order valence-corrected chi connectivity index (χ0v) is 17.7. The molecule has 1 heterocycles. The molecule has 0 saturated heterocycles. The molecule has 0 bridgehead atoms. The molecule has 27 heavy (non-hydrogen) atoms. The van der Waals surface area contributed by atoms with Gasteiger partial charge in [0.1, 0.15) is 0 Å². The van der Waals surface area contributed by atoms with Crippen LogP contribution < -0.4 is 14.5 Å². The first kappa shape index (κ1) is 21.1. The van der Waals surface area contributed by atoms with Crippen LogP contribution in [0.25, 0.3) is 0 Å². The van der Waals surface area contributed by atoms with Gasteiger partial charge in [0.25, 0.3) is 0 Å². The van der Waals surface area contributed by atoms with Crippen molar-refractivity contribution >= 4 is 47.3 Å². The second-order valence-electron chi connectivity index (χ2n) is 5.74. The standard InChI is InChI=1S/C14H11F3N5O2.2CH3.Sn/c1-2-10(23)20-12-18-7-19-13(22-12)21-11(24)8-3-5-9(6-4-8)14(15,16)17;;;/h3-6H,2H2,1H3,(H2,18,19,20,21,22,23,24);2*1H3;. The third kappa shape index (κ3) is 5.87. The van der Waals surface area contributed by atoms with Crippen molar-refractivity contribution in [2.24, 2.45) is 0 Å². The number of rotatable bonds is 5. The van der Waals surface area contributed by atoms with E-state index in [-0.39, 0.29) is 29.8 Å². The molecular formula is C16H17F3N5O2Sn. The Bertz CT molecular complexity index is 841. The molecule has 0 unspecified atom stereocenters. The Kier molecular flexibility index (Phi) is 6.73. The molecular weight excluding hydrogens is 470 g/mol. The van der Waals surface area contributed by atoms with Gasteiger partial charge in [-0.2, -0.15) is 0 Å². The summed E-state index contributed by atoms with van der Waals surface area (Å²) in [6.45, 7) is 1.67. The summed E-state index contributed by atoms with van der Waals surface area (Å²) in [6, 6.07) is 3.79. The summed E-state index contributed by atoms with van der Waals surface area (Å²) in [5, 5.41) is 4.96. The average Bonchev–Trinajstić information content (AvgIpc) is 2.60. The molecule has 7 nitrogen and oxygen atoms in total. The number of carbonyl (C=O) groups excluding carboxylic acids is 2. The Hall–Kier alpha value is -2.24. The van der Waals surface area contributed by atoms with E-state index in [4.69, 9.17) is 0 Å². The van der Waals surface area contributed by atoms with Gasteiger partial charge in [0.2, 0.25) is 0 Å². The molecule has 2 aromatic rings. The third-order valence-corrected chi connectivity index (χ3v) is 6.55. The van der Waals surface area contributed by atoms with E-state index in [1.165, 1.54) is 0 Å². The monoisotopic (exact) mass is 488 g/mol. The van der Waals surface area contributed by atoms with Crippen LogP contribution in [-0.4, -0.2) is 46.5 Å². The van der Waals surface area contributed by atoms with Crippen LogP contribution >= 0.6 is 0 Å². The van der Waals surface area contributed by atoms with Gasteiger partial charge in [-0.1, -0.05) is 0 Å². The first-order valence-corrected chi connectivity index (χ1v) is 15.1. The van der Waals surface area contributed by atoms with E-state index in [0.717, 1.165) is 24.3 Å². The van der Waals surface area contributed by atoms with Crippen molar-refractivity contribution in [3.8, 4) is 0 Å². The Labute approximate surface area is 160 Å². The summed E-state index contributed by atoms with van der Waals surface area (Å²) in [6.07, 6.45) is -4.24. The van der Waals surface area contributed by atoms with Crippen molar-refractivity contribution in [2.75, 3.05) is 10.6 Å². The van der Waals surface area contributed by atoms with Gasteiger partial charge in [0.15, 0.2) is 0 Å². The predicted octanol–water partition coefficient (Wildman–Crippen LogP) is 2.45. The number of aromatic nitrogens is 3. The quantitative estimate of drug-likeness (QED) is 0.633. The van der Waals surface area contributed by atoms with Crippen LogP contribution in [-0.2, 0) is 11.0 Å². The van der Waals surface area contributed by atoms with Gasteiger partial charge in [0.05, 0.1) is 0 Å². The topological polar surface area (TPSA) is 96.9 Å². The average molecular weight is 487 g/mol. The van der Waals surface area contributed by atoms with Gasteiger partial charge in [-0.25, -0.2) is 0 Å². The zero-order chi connectivity index (χ0) is 20.2. The molecule has 0 atom stereocenters. The second kappa shape index (κ2) is 8.63. The van der Waals surface area contributed by atoms with Crippen molar-refractivity contribution in [3.05, 3.63) is 35.4 Å². The molecule has 0 aliphatic heterocycles. The number of alkyl halides is 3. The van der Waals surface area contributed by atoms with E-state index in [2.05, 4.69) is 25.6 Å². The number of hydrogen-bond donors (Lipinski definition) is 2. The summed E-state index contributed by atoms with van der Waals surface area (Å²) in [5.74, 6) is -0.968. The Balaban J connectivity index is 2.24. The van der Waals surface area contributed by atoms with Crippen LogP contribution in [0.15, 0.2) is 24.3 Å². The molecule has 0 aliphatic carbocycles. The fraction of sp³-hybridized carbons (Fsp3) is 0.312. The molecule has 2 N–H and O–H groups in total. The van der Waals surface area contributed by atoms with Crippen LogP contribution in [0.1, 0.15) is 29.3 Å². The Morgan fingerprint density at radius 1 is 1.00 bits per heavy atom. The number of nitrogens with one attached hydrogen (secondary N) is 2. The van der Waals surface area contributed by atoms with E-state index in [1.54, 1.807) is 6.92 Å². The minimum absolute atomic E-state index is 0.0241. The number of amides is 2. The van der Waals surface area contributed by atoms with E-state index in [0.29, 0.717) is 3.84 Å². The minimum atomic E-state index is -4.48. The number of benzene rings is 1. The summed E-state index contributed by atoms with van der Waals surface area (Å²) in [7, 11) is 0. The molecule has 0 fully saturated rings. The van der Waals surface area contributed by atoms with Crippen LogP contribution in [0.4, 0.5) is 25.1 Å². The molecule has 11 heteroatoms. The predicted molar refractivity (Wildman–Crippen MR) is 95.3 cm³/mol. The van der Waals surface area contributed by atoms with Crippen LogP contribution in [0.2, 0.25) is 9.88 Å². The summed E-state index contributed by atoms with van der Waals surface area (Å²) >= 11 is -2.04. The summed E-state index contributed by atoms with van der Waals surface area (Å²) in [5.41, 5.74) is -0.824. The number of anilines is 2. The number of nitrogens with zero attached hydrogens (tertiary/aromatic N) is 3. The first-order chi connectivity index (χ1) is 12.6. The molecule has 0 spiro atoms. The molecule has 1 radical (unpaired) electrons. The number of halogens is 3. The van der Waals surface area contributed by atoms with Crippen LogP contribution in [0, 0.1) is 0 Å². The SMILES string of the molecule is CCC(=O)Nc1nc(NC(=O)c2ccc(C(F)(F)F)cc2)n[c]([Sn]([CH3])[CH3])n1. The van der Waals surface area contributed by atoms with Crippen molar-refractivity contribution in [2.45, 2.75) is 29.4 Å². The van der Waals surface area contributed by atoms with Crippen molar-refractivity contribution in [3.63, 3.8) is 0 Å². The molecule has 0 aliphatic rings. The molecule has 1 aromatic carbocycles. The van der Waals surface area contributed by atoms with Crippen molar-refractivity contribution < 1.29 is 22.8 Å². The molecule has 143 valence electrons. The van der Waals surface area contributed by atoms with E-state index >= 15 is 0 Å². The number of hydrogen-bond acceptors (Lipinski definition) is 5. The Morgan fingerprint density at radius 3 is 2.04 bits per heavy atom. The second-order valence-corrected chi connectivity index (χ2v) is 12.7. The first-order valence-electron chi connectivity index (χ1n) is 7.95. The molecule has 1 aromatic heterocycles. The van der Waals surface area contributed by atoms with Crippen molar-refractivity contribution in [1.82, 2.24) is 15.0 Å². The maximum atomic E-state index is 12.6. The number of carbonyl (C=O) groups is 2. The van der Waals surface area contributed by atoms with E-state index in [9.17, 15) is 22.8 Å². The van der Waals surface area contributed by atoms with E-state index < -0.39 is 37.4 Å². The van der Waals surface area contributed by atoms with Gasteiger partial charge in [-0.3, -0.25) is 0 Å². The van der Waals surface area contributed by atoms with Gasteiger partial charge < -0.3 is 0 Å². The fourth-order valence-corrected chi connectivity index (χ4v) is 3.79. The fourth-order valence-electron chi connectivity index (χ4n) is 1.91. The Morgan fingerprint density at radius 2 is 1.56 bits per heavy atom. The van der Waals surface area contributed by atoms with Gasteiger partial charge in [-0.05, 0) is 0 Å². The third-order valence-electron chi connectivity index (χ3n) is 3.35. The van der Waals surface area contributed by atoms with Crippen LogP contribution in [0.3, 0.4) is 0 Å². The molecule has 0 saturated carbocycles. The summed E-state index contributed by atoms with van der Waals surface area (Å²) < 4.78 is 38.4. The normalized spacial score (nSPS) is 11.4. The van der Waals surface area contributed by atoms with Crippen LogP contribution in [0.5, 0.6) is 0 Å². The molecule has 2 amide bonds. The summed E-state index contributed by atoms with van der Waals surface area (Å²) in [4.78, 5) is 40.3. The van der Waals surface area contributed by atoms with E-state index in [1.807, 2.05) is 9.88 Å².